The minimum absolute atomic E-state index is 0.0424. The zero-order valence-electron chi connectivity index (χ0n) is 13.9. The highest BCUT2D eigenvalue weighted by Gasteiger charge is 2.14. The molecule has 0 saturated carbocycles. The molecule has 1 heterocycles. The fourth-order valence-corrected chi connectivity index (χ4v) is 3.03. The average molecular weight is 396 g/mol. The summed E-state index contributed by atoms with van der Waals surface area (Å²) in [5, 5.41) is 8.31. The van der Waals surface area contributed by atoms with Gasteiger partial charge in [0.2, 0.25) is 5.16 Å². The fourth-order valence-electron chi connectivity index (χ4n) is 2.16. The number of thioether (sulfide) groups is 1. The number of nitrogen functional groups attached to an aromatic ring is 1. The lowest BCUT2D eigenvalue weighted by atomic mass is 10.2. The molecule has 1 aromatic heterocycles. The van der Waals surface area contributed by atoms with E-state index in [1.807, 2.05) is 0 Å². The van der Waals surface area contributed by atoms with Crippen molar-refractivity contribution in [1.29, 1.82) is 0 Å². The number of aromatic nitrogens is 3. The molecule has 3 rings (SSSR count). The molecule has 6 nitrogen and oxygen atoms in total. The van der Waals surface area contributed by atoms with Gasteiger partial charge in [0.15, 0.2) is 5.82 Å². The number of rotatable bonds is 8. The molecule has 0 aliphatic carbocycles. The topological polar surface area (TPSA) is 75.2 Å². The number of nitrogens with two attached hydrogens (primary N) is 1. The minimum atomic E-state index is -2.90. The first-order valence-electron chi connectivity index (χ1n) is 7.76. The summed E-state index contributed by atoms with van der Waals surface area (Å²) in [4.78, 5) is 0. The molecule has 0 aliphatic rings. The van der Waals surface area contributed by atoms with Crippen molar-refractivity contribution in [2.45, 2.75) is 24.1 Å². The smallest absolute Gasteiger partial charge is 0.387 e. The van der Waals surface area contributed by atoms with Crippen LogP contribution >= 0.6 is 11.8 Å². The number of benzene rings is 2. The van der Waals surface area contributed by atoms with Crippen LogP contribution in [-0.2, 0) is 12.4 Å². The molecule has 0 aliphatic heterocycles. The molecule has 142 valence electrons. The maximum Gasteiger partial charge on any atom is 0.387 e. The van der Waals surface area contributed by atoms with Gasteiger partial charge in [-0.25, -0.2) is 9.07 Å². The molecule has 0 unspecified atom stereocenters. The van der Waals surface area contributed by atoms with Gasteiger partial charge in [0.1, 0.15) is 23.9 Å². The van der Waals surface area contributed by atoms with Crippen molar-refractivity contribution in [2.75, 3.05) is 5.84 Å². The van der Waals surface area contributed by atoms with E-state index >= 15 is 0 Å². The molecule has 0 spiro atoms. The molecule has 27 heavy (non-hydrogen) atoms. The van der Waals surface area contributed by atoms with Gasteiger partial charge in [-0.15, -0.1) is 10.2 Å². The summed E-state index contributed by atoms with van der Waals surface area (Å²) in [6.45, 7) is -2.86. The van der Waals surface area contributed by atoms with E-state index in [4.69, 9.17) is 10.6 Å². The van der Waals surface area contributed by atoms with E-state index in [0.717, 1.165) is 0 Å². The van der Waals surface area contributed by atoms with Crippen LogP contribution in [0.1, 0.15) is 11.4 Å². The zero-order valence-corrected chi connectivity index (χ0v) is 14.7. The lowest BCUT2D eigenvalue weighted by Gasteiger charge is -2.10. The van der Waals surface area contributed by atoms with Gasteiger partial charge in [0, 0.05) is 11.3 Å². The van der Waals surface area contributed by atoms with E-state index in [1.165, 1.54) is 46.8 Å². The van der Waals surface area contributed by atoms with E-state index in [9.17, 15) is 13.2 Å². The maximum absolute atomic E-state index is 12.9. The molecule has 10 heteroatoms. The van der Waals surface area contributed by atoms with Gasteiger partial charge in [0.25, 0.3) is 0 Å². The third-order valence-electron chi connectivity index (χ3n) is 3.46. The van der Waals surface area contributed by atoms with Gasteiger partial charge in [-0.1, -0.05) is 30.0 Å². The Kier molecular flexibility index (Phi) is 6.07. The van der Waals surface area contributed by atoms with E-state index in [-0.39, 0.29) is 18.2 Å². The molecule has 0 atom stereocenters. The quantitative estimate of drug-likeness (QED) is 0.463. The van der Waals surface area contributed by atoms with Crippen LogP contribution in [0.25, 0.3) is 0 Å². The second kappa shape index (κ2) is 8.67. The Bertz CT molecular complexity index is 890. The predicted octanol–water partition coefficient (Wildman–Crippen LogP) is 3.60. The van der Waals surface area contributed by atoms with Crippen LogP contribution in [0.5, 0.6) is 11.5 Å². The molecule has 3 aromatic rings. The Hall–Kier alpha value is -2.88. The number of nitrogens with zero attached hydrogens (tertiary/aromatic N) is 3. The first-order valence-corrected chi connectivity index (χ1v) is 8.74. The largest absolute Gasteiger partial charge is 0.486 e. The van der Waals surface area contributed by atoms with E-state index in [2.05, 4.69) is 14.9 Å². The molecular weight excluding hydrogens is 381 g/mol. The summed E-state index contributed by atoms with van der Waals surface area (Å²) in [5.41, 5.74) is 0.579. The number of ether oxygens (including phenoxy) is 2. The molecule has 0 radical (unpaired) electrons. The van der Waals surface area contributed by atoms with Crippen molar-refractivity contribution in [1.82, 2.24) is 14.9 Å². The maximum atomic E-state index is 12.9. The molecular formula is C17H15F3N4O2S. The lowest BCUT2D eigenvalue weighted by molar-refractivity contribution is -0.0503. The average Bonchev–Trinajstić information content (AvgIpc) is 3.00. The highest BCUT2D eigenvalue weighted by atomic mass is 32.2. The van der Waals surface area contributed by atoms with Crippen molar-refractivity contribution in [3.05, 3.63) is 65.7 Å². The van der Waals surface area contributed by atoms with Crippen LogP contribution in [0.4, 0.5) is 13.2 Å². The fraction of sp³-hybridized carbons (Fsp3) is 0.176. The zero-order chi connectivity index (χ0) is 19.2. The number of halogens is 3. The van der Waals surface area contributed by atoms with Crippen LogP contribution in [0.15, 0.2) is 53.7 Å². The molecule has 0 saturated heterocycles. The number of para-hydroxylation sites is 1. The second-order valence-electron chi connectivity index (χ2n) is 5.29. The van der Waals surface area contributed by atoms with Crippen molar-refractivity contribution >= 4 is 11.8 Å². The van der Waals surface area contributed by atoms with Crippen LogP contribution < -0.4 is 15.3 Å². The molecule has 2 aromatic carbocycles. The van der Waals surface area contributed by atoms with Crippen LogP contribution in [0.2, 0.25) is 0 Å². The highest BCUT2D eigenvalue weighted by Crippen LogP contribution is 2.28. The van der Waals surface area contributed by atoms with Crippen molar-refractivity contribution in [2.24, 2.45) is 0 Å². The van der Waals surface area contributed by atoms with E-state index in [0.29, 0.717) is 28.0 Å². The Labute approximate surface area is 157 Å². The lowest BCUT2D eigenvalue weighted by Crippen LogP contribution is -2.15. The molecule has 0 bridgehead atoms. The van der Waals surface area contributed by atoms with Crippen LogP contribution in [0, 0.1) is 5.82 Å². The van der Waals surface area contributed by atoms with Crippen molar-refractivity contribution < 1.29 is 22.6 Å². The number of hydrogen-bond acceptors (Lipinski definition) is 6. The van der Waals surface area contributed by atoms with Crippen LogP contribution in [-0.4, -0.2) is 21.5 Å². The van der Waals surface area contributed by atoms with Gasteiger partial charge >= 0.3 is 6.61 Å². The van der Waals surface area contributed by atoms with E-state index < -0.39 is 6.61 Å². The summed E-state index contributed by atoms with van der Waals surface area (Å²) in [7, 11) is 0. The Morgan fingerprint density at radius 2 is 1.81 bits per heavy atom. The third-order valence-corrected chi connectivity index (χ3v) is 4.45. The Balaban J connectivity index is 1.61. The van der Waals surface area contributed by atoms with Crippen LogP contribution in [0.3, 0.4) is 0 Å². The summed E-state index contributed by atoms with van der Waals surface area (Å²) < 4.78 is 49.1. The first-order chi connectivity index (χ1) is 13.0. The predicted molar refractivity (Wildman–Crippen MR) is 93.5 cm³/mol. The number of hydrogen-bond donors (Lipinski definition) is 1. The number of alkyl halides is 2. The third kappa shape index (κ3) is 5.07. The second-order valence-corrected chi connectivity index (χ2v) is 6.23. The Morgan fingerprint density at radius 1 is 1.07 bits per heavy atom. The monoisotopic (exact) mass is 396 g/mol. The summed E-state index contributed by atoms with van der Waals surface area (Å²) >= 11 is 1.22. The standard InChI is InChI=1S/C17H15F3N4O2S/c18-12-5-7-13(8-6-12)25-9-15-22-23-17(24(15)21)27-10-11-3-1-2-4-14(11)26-16(19)20/h1-8,16H,9-10,21H2. The minimum Gasteiger partial charge on any atom is -0.486 e. The van der Waals surface area contributed by atoms with Gasteiger partial charge in [-0.3, -0.25) is 0 Å². The van der Waals surface area contributed by atoms with Crippen molar-refractivity contribution in [3.63, 3.8) is 0 Å². The summed E-state index contributed by atoms with van der Waals surface area (Å²) in [6.07, 6.45) is 0. The summed E-state index contributed by atoms with van der Waals surface area (Å²) in [5.74, 6) is 6.83. The van der Waals surface area contributed by atoms with Gasteiger partial charge in [-0.05, 0) is 30.3 Å². The molecule has 2 N–H and O–H groups in total. The SMILES string of the molecule is Nn1c(COc2ccc(F)cc2)nnc1SCc1ccccc1OC(F)F. The van der Waals surface area contributed by atoms with Crippen molar-refractivity contribution in [3.8, 4) is 11.5 Å². The van der Waals surface area contributed by atoms with Gasteiger partial charge < -0.3 is 15.3 Å². The normalized spacial score (nSPS) is 11.0. The molecule has 0 amide bonds. The van der Waals surface area contributed by atoms with Gasteiger partial charge in [0.05, 0.1) is 0 Å². The molecule has 0 fully saturated rings. The highest BCUT2D eigenvalue weighted by molar-refractivity contribution is 7.98. The van der Waals surface area contributed by atoms with Gasteiger partial charge in [-0.2, -0.15) is 8.78 Å². The first kappa shape index (κ1) is 18.9. The summed E-state index contributed by atoms with van der Waals surface area (Å²) in [6, 6.07) is 12.0. The van der Waals surface area contributed by atoms with E-state index in [1.54, 1.807) is 18.2 Å². The Morgan fingerprint density at radius 3 is 2.56 bits per heavy atom.